The summed E-state index contributed by atoms with van der Waals surface area (Å²) in [6.07, 6.45) is -0.319. The Morgan fingerprint density at radius 3 is 2.00 bits per heavy atom. The van der Waals surface area contributed by atoms with Crippen LogP contribution in [0.15, 0.2) is 166 Å². The van der Waals surface area contributed by atoms with Crippen molar-refractivity contribution in [2.45, 2.75) is 6.17 Å². The monoisotopic (exact) mass is 577 g/mol. The lowest BCUT2D eigenvalue weighted by Gasteiger charge is -2.25. The van der Waals surface area contributed by atoms with Gasteiger partial charge in [-0.2, -0.15) is 0 Å². The van der Waals surface area contributed by atoms with E-state index >= 15 is 0 Å². The molecule has 0 aliphatic carbocycles. The maximum Gasteiger partial charge on any atom is 0.160 e. The van der Waals surface area contributed by atoms with Crippen molar-refractivity contribution in [3.05, 3.63) is 168 Å². The molecule has 1 aliphatic heterocycles. The van der Waals surface area contributed by atoms with Gasteiger partial charge < -0.3 is 9.73 Å². The van der Waals surface area contributed by atoms with E-state index in [2.05, 4.69) is 133 Å². The van der Waals surface area contributed by atoms with Crippen molar-refractivity contribution in [3.63, 3.8) is 0 Å². The number of para-hydroxylation sites is 1. The molecule has 4 heteroatoms. The third kappa shape index (κ3) is 4.22. The van der Waals surface area contributed by atoms with Gasteiger partial charge in [-0.25, -0.2) is 9.98 Å². The number of hydrogen-bond donors (Lipinski definition) is 1. The third-order valence-electron chi connectivity index (χ3n) is 8.73. The smallest absolute Gasteiger partial charge is 0.160 e. The molecule has 0 saturated carbocycles. The van der Waals surface area contributed by atoms with Crippen molar-refractivity contribution in [2.75, 3.05) is 0 Å². The lowest BCUT2D eigenvalue weighted by Crippen LogP contribution is -2.33. The summed E-state index contributed by atoms with van der Waals surface area (Å²) in [6.45, 7) is 0. The minimum Gasteiger partial charge on any atom is -0.455 e. The number of benzene rings is 7. The van der Waals surface area contributed by atoms with Crippen LogP contribution in [-0.4, -0.2) is 11.7 Å². The Kier molecular flexibility index (Phi) is 5.85. The van der Waals surface area contributed by atoms with E-state index in [1.165, 1.54) is 10.8 Å². The van der Waals surface area contributed by atoms with Gasteiger partial charge in [-0.15, -0.1) is 0 Å². The molecule has 0 saturated heterocycles. The Labute approximate surface area is 260 Å². The van der Waals surface area contributed by atoms with Crippen LogP contribution < -0.4 is 5.32 Å². The highest BCUT2D eigenvalue weighted by Gasteiger charge is 2.26. The summed E-state index contributed by atoms with van der Waals surface area (Å²) < 4.78 is 6.59. The van der Waals surface area contributed by atoms with E-state index in [4.69, 9.17) is 14.4 Å². The maximum absolute atomic E-state index is 6.59. The summed E-state index contributed by atoms with van der Waals surface area (Å²) in [5, 5.41) is 10.5. The molecular formula is C41H27N3O. The van der Waals surface area contributed by atoms with Crippen LogP contribution in [0.5, 0.6) is 0 Å². The topological polar surface area (TPSA) is 49.9 Å². The second kappa shape index (κ2) is 10.3. The first-order valence-electron chi connectivity index (χ1n) is 15.2. The number of rotatable bonds is 4. The number of nitrogens with one attached hydrogen (secondary N) is 1. The number of aliphatic imine (C=N–C) groups is 2. The van der Waals surface area contributed by atoms with E-state index in [9.17, 15) is 0 Å². The lowest BCUT2D eigenvalue weighted by molar-refractivity contribution is 0.668. The van der Waals surface area contributed by atoms with Gasteiger partial charge in [-0.1, -0.05) is 127 Å². The molecule has 0 radical (unpaired) electrons. The first-order valence-corrected chi connectivity index (χ1v) is 15.2. The van der Waals surface area contributed by atoms with Crippen LogP contribution in [0.25, 0.3) is 54.6 Å². The van der Waals surface area contributed by atoms with Crippen LogP contribution in [0, 0.1) is 0 Å². The molecule has 1 atom stereocenters. The molecule has 2 heterocycles. The quantitative estimate of drug-likeness (QED) is 0.212. The van der Waals surface area contributed by atoms with Crippen molar-refractivity contribution in [3.8, 4) is 11.1 Å². The van der Waals surface area contributed by atoms with Gasteiger partial charge in [0.15, 0.2) is 5.84 Å². The minimum absolute atomic E-state index is 0.319. The predicted octanol–water partition coefficient (Wildman–Crippen LogP) is 10.1. The molecule has 9 rings (SSSR count). The van der Waals surface area contributed by atoms with Crippen LogP contribution in [0.3, 0.4) is 0 Å². The van der Waals surface area contributed by atoms with Crippen LogP contribution in [-0.2, 0) is 0 Å². The van der Waals surface area contributed by atoms with Gasteiger partial charge in [0.1, 0.15) is 23.2 Å². The van der Waals surface area contributed by atoms with Crippen molar-refractivity contribution >= 4 is 55.2 Å². The van der Waals surface area contributed by atoms with E-state index in [-0.39, 0.29) is 6.17 Å². The highest BCUT2D eigenvalue weighted by Crippen LogP contribution is 2.39. The number of nitrogens with zero attached hydrogens (tertiary/aromatic N) is 2. The van der Waals surface area contributed by atoms with E-state index in [0.717, 1.165) is 66.4 Å². The average Bonchev–Trinajstić information content (AvgIpc) is 3.51. The summed E-state index contributed by atoms with van der Waals surface area (Å²) in [5.74, 6) is 1.47. The van der Waals surface area contributed by atoms with Crippen molar-refractivity contribution in [1.29, 1.82) is 0 Å². The summed E-state index contributed by atoms with van der Waals surface area (Å²) in [7, 11) is 0. The SMILES string of the molecule is c1ccc(-c2ccc(C3=NC(c4cc5ccccc5c5ccccc45)=NC(c4ccccc4)N3)c3c2oc2ccccc23)cc1. The first kappa shape index (κ1) is 25.5. The molecule has 45 heavy (non-hydrogen) atoms. The predicted molar refractivity (Wildman–Crippen MR) is 186 cm³/mol. The summed E-state index contributed by atoms with van der Waals surface area (Å²) >= 11 is 0. The molecule has 1 N–H and O–H groups in total. The van der Waals surface area contributed by atoms with Gasteiger partial charge in [0.2, 0.25) is 0 Å². The van der Waals surface area contributed by atoms with Crippen molar-refractivity contribution < 1.29 is 4.42 Å². The number of amidine groups is 2. The molecule has 0 fully saturated rings. The molecule has 1 aromatic heterocycles. The van der Waals surface area contributed by atoms with Gasteiger partial charge in [0.25, 0.3) is 0 Å². The van der Waals surface area contributed by atoms with Gasteiger partial charge >= 0.3 is 0 Å². The zero-order valence-electron chi connectivity index (χ0n) is 24.3. The maximum atomic E-state index is 6.59. The normalized spacial score (nSPS) is 14.9. The van der Waals surface area contributed by atoms with E-state index in [0.29, 0.717) is 5.84 Å². The molecule has 212 valence electrons. The van der Waals surface area contributed by atoms with Gasteiger partial charge in [0, 0.05) is 27.5 Å². The zero-order chi connectivity index (χ0) is 29.7. The lowest BCUT2D eigenvalue weighted by atomic mass is 9.95. The number of fused-ring (bicyclic) bond motifs is 6. The molecule has 7 aromatic carbocycles. The molecule has 1 aliphatic rings. The molecule has 0 amide bonds. The fourth-order valence-electron chi connectivity index (χ4n) is 6.62. The highest BCUT2D eigenvalue weighted by atomic mass is 16.3. The Hall–Kier alpha value is -6.00. The van der Waals surface area contributed by atoms with E-state index < -0.39 is 0 Å². The molecule has 8 aromatic rings. The van der Waals surface area contributed by atoms with Crippen molar-refractivity contribution in [2.24, 2.45) is 9.98 Å². The molecule has 0 bridgehead atoms. The Morgan fingerprint density at radius 1 is 0.533 bits per heavy atom. The first-order chi connectivity index (χ1) is 22.3. The van der Waals surface area contributed by atoms with Crippen LogP contribution in [0.2, 0.25) is 0 Å². The van der Waals surface area contributed by atoms with Gasteiger partial charge in [-0.05, 0) is 56.9 Å². The zero-order valence-corrected chi connectivity index (χ0v) is 24.3. The van der Waals surface area contributed by atoms with Gasteiger partial charge in [-0.3, -0.25) is 0 Å². The average molecular weight is 578 g/mol. The Balaban J connectivity index is 1.32. The third-order valence-corrected chi connectivity index (χ3v) is 8.73. The summed E-state index contributed by atoms with van der Waals surface area (Å²) in [5.41, 5.74) is 6.92. The van der Waals surface area contributed by atoms with E-state index in [1.807, 2.05) is 24.3 Å². The second-order valence-electron chi connectivity index (χ2n) is 11.4. The summed E-state index contributed by atoms with van der Waals surface area (Å²) in [4.78, 5) is 10.6. The fraction of sp³-hybridized carbons (Fsp3) is 0.0244. The summed E-state index contributed by atoms with van der Waals surface area (Å²) in [6, 6.07) is 52.6. The van der Waals surface area contributed by atoms with Crippen LogP contribution >= 0.6 is 0 Å². The molecular weight excluding hydrogens is 550 g/mol. The van der Waals surface area contributed by atoms with Crippen LogP contribution in [0.1, 0.15) is 22.9 Å². The largest absolute Gasteiger partial charge is 0.455 e. The van der Waals surface area contributed by atoms with Crippen molar-refractivity contribution in [1.82, 2.24) is 5.32 Å². The van der Waals surface area contributed by atoms with E-state index in [1.54, 1.807) is 0 Å². The number of hydrogen-bond acceptors (Lipinski definition) is 4. The van der Waals surface area contributed by atoms with Crippen LogP contribution in [0.4, 0.5) is 0 Å². The Bertz CT molecular complexity index is 2460. The number of furan rings is 1. The molecule has 4 nitrogen and oxygen atoms in total. The minimum atomic E-state index is -0.319. The standard InChI is InChI=1S/C41H27N3O/c1-3-13-26(14-4-1)30-23-24-34(37-33-21-11-12-22-36(33)45-38(30)37)40-42-39(27-15-5-2-6-16-27)43-41(44-40)35-25-28-17-7-8-18-29(28)31-19-9-10-20-32(31)35/h1-25,39H,(H,42,43,44). The molecule has 0 spiro atoms. The fourth-order valence-corrected chi connectivity index (χ4v) is 6.62. The molecule has 1 unspecified atom stereocenters. The second-order valence-corrected chi connectivity index (χ2v) is 11.4. The Morgan fingerprint density at radius 2 is 1.18 bits per heavy atom. The highest BCUT2D eigenvalue weighted by molar-refractivity contribution is 6.26. The van der Waals surface area contributed by atoms with Gasteiger partial charge in [0.05, 0.1) is 0 Å².